The van der Waals surface area contributed by atoms with Crippen molar-refractivity contribution in [2.45, 2.75) is 6.54 Å². The molecule has 5 nitrogen and oxygen atoms in total. The molecule has 0 aliphatic carbocycles. The molecule has 0 saturated heterocycles. The molecule has 1 heterocycles. The number of hydrogen-bond acceptors (Lipinski definition) is 3. The molecular formula is C22H17N3O2. The first-order valence-electron chi connectivity index (χ1n) is 8.63. The molecule has 4 aromatic rings. The molecule has 3 aromatic carbocycles. The van der Waals surface area contributed by atoms with E-state index < -0.39 is 5.91 Å². The fourth-order valence-electron chi connectivity index (χ4n) is 3.03. The molecule has 1 amide bonds. The Kier molecular flexibility index (Phi) is 4.49. The van der Waals surface area contributed by atoms with Gasteiger partial charge in [0.25, 0.3) is 11.5 Å². The zero-order valence-corrected chi connectivity index (χ0v) is 14.5. The molecule has 1 aromatic heterocycles. The fourth-order valence-corrected chi connectivity index (χ4v) is 3.03. The summed E-state index contributed by atoms with van der Waals surface area (Å²) in [5.74, 6) is -0.406. The molecule has 4 rings (SSSR count). The number of aromatic nitrogens is 2. The van der Waals surface area contributed by atoms with Crippen molar-refractivity contribution < 1.29 is 4.79 Å². The van der Waals surface area contributed by atoms with Crippen molar-refractivity contribution >= 4 is 16.8 Å². The molecule has 0 unspecified atom stereocenters. The van der Waals surface area contributed by atoms with Crippen LogP contribution < -0.4 is 10.9 Å². The van der Waals surface area contributed by atoms with Gasteiger partial charge in [-0.05, 0) is 28.8 Å². The molecule has 0 bridgehead atoms. The summed E-state index contributed by atoms with van der Waals surface area (Å²) in [5, 5.41) is 3.31. The number of nitrogens with one attached hydrogen (secondary N) is 2. The third-order valence-corrected chi connectivity index (χ3v) is 4.37. The SMILES string of the molecule is O=C(NCc1ccccc1-c1ccccc1)c1nc2ccccc2c(=O)[nH]1. The van der Waals surface area contributed by atoms with Gasteiger partial charge < -0.3 is 10.3 Å². The number of rotatable bonds is 4. The molecule has 0 radical (unpaired) electrons. The summed E-state index contributed by atoms with van der Waals surface area (Å²) in [4.78, 5) is 31.5. The average Bonchev–Trinajstić information content (AvgIpc) is 2.73. The van der Waals surface area contributed by atoms with Crippen LogP contribution in [0.15, 0.2) is 83.7 Å². The van der Waals surface area contributed by atoms with E-state index in [-0.39, 0.29) is 11.4 Å². The van der Waals surface area contributed by atoms with E-state index in [9.17, 15) is 9.59 Å². The molecule has 27 heavy (non-hydrogen) atoms. The number of amides is 1. The van der Waals surface area contributed by atoms with E-state index in [1.807, 2.05) is 54.6 Å². The smallest absolute Gasteiger partial charge is 0.287 e. The van der Waals surface area contributed by atoms with E-state index in [0.29, 0.717) is 17.4 Å². The first-order valence-corrected chi connectivity index (χ1v) is 8.63. The Morgan fingerprint density at radius 2 is 1.59 bits per heavy atom. The van der Waals surface area contributed by atoms with Gasteiger partial charge in [0.05, 0.1) is 10.9 Å². The van der Waals surface area contributed by atoms with Crippen LogP contribution in [-0.4, -0.2) is 15.9 Å². The predicted molar refractivity (Wildman–Crippen MR) is 105 cm³/mol. The summed E-state index contributed by atoms with van der Waals surface area (Å²) in [7, 11) is 0. The van der Waals surface area contributed by atoms with Gasteiger partial charge in [0, 0.05) is 6.54 Å². The molecule has 0 spiro atoms. The average molecular weight is 355 g/mol. The Morgan fingerprint density at radius 1 is 0.889 bits per heavy atom. The van der Waals surface area contributed by atoms with Crippen LogP contribution in [0.4, 0.5) is 0 Å². The van der Waals surface area contributed by atoms with Crippen molar-refractivity contribution in [2.24, 2.45) is 0 Å². The Bertz CT molecular complexity index is 1170. The second kappa shape index (κ2) is 7.25. The number of aromatic amines is 1. The number of carbonyl (C=O) groups is 1. The lowest BCUT2D eigenvalue weighted by Gasteiger charge is -2.11. The van der Waals surface area contributed by atoms with Gasteiger partial charge in [-0.15, -0.1) is 0 Å². The lowest BCUT2D eigenvalue weighted by molar-refractivity contribution is 0.0940. The lowest BCUT2D eigenvalue weighted by atomic mass is 10.00. The van der Waals surface area contributed by atoms with Crippen LogP contribution in [-0.2, 0) is 6.54 Å². The summed E-state index contributed by atoms with van der Waals surface area (Å²) < 4.78 is 0. The van der Waals surface area contributed by atoms with Crippen LogP contribution in [0, 0.1) is 0 Å². The quantitative estimate of drug-likeness (QED) is 0.588. The zero-order valence-electron chi connectivity index (χ0n) is 14.5. The van der Waals surface area contributed by atoms with E-state index in [2.05, 4.69) is 15.3 Å². The highest BCUT2D eigenvalue weighted by Gasteiger charge is 2.12. The molecule has 5 heteroatoms. The molecule has 2 N–H and O–H groups in total. The molecule has 0 atom stereocenters. The van der Waals surface area contributed by atoms with Crippen molar-refractivity contribution in [1.29, 1.82) is 0 Å². The van der Waals surface area contributed by atoms with Gasteiger partial charge in [0.1, 0.15) is 0 Å². The summed E-state index contributed by atoms with van der Waals surface area (Å²) >= 11 is 0. The Hall–Kier alpha value is -3.73. The number of H-pyrrole nitrogens is 1. The second-order valence-electron chi connectivity index (χ2n) is 6.14. The number of carbonyl (C=O) groups excluding carboxylic acids is 1. The van der Waals surface area contributed by atoms with Gasteiger partial charge in [0.15, 0.2) is 5.82 Å². The number of nitrogens with zero attached hydrogens (tertiary/aromatic N) is 1. The van der Waals surface area contributed by atoms with Gasteiger partial charge >= 0.3 is 0 Å². The highest BCUT2D eigenvalue weighted by molar-refractivity contribution is 5.92. The first-order chi connectivity index (χ1) is 13.2. The van der Waals surface area contributed by atoms with Crippen molar-refractivity contribution in [2.75, 3.05) is 0 Å². The summed E-state index contributed by atoms with van der Waals surface area (Å²) in [6.07, 6.45) is 0. The van der Waals surface area contributed by atoms with Crippen LogP contribution in [0.25, 0.3) is 22.0 Å². The van der Waals surface area contributed by atoms with Crippen LogP contribution in [0.3, 0.4) is 0 Å². The van der Waals surface area contributed by atoms with E-state index in [4.69, 9.17) is 0 Å². The van der Waals surface area contributed by atoms with Gasteiger partial charge in [-0.25, -0.2) is 4.98 Å². The first kappa shape index (κ1) is 16.7. The van der Waals surface area contributed by atoms with Crippen molar-refractivity contribution in [1.82, 2.24) is 15.3 Å². The minimum atomic E-state index is -0.416. The van der Waals surface area contributed by atoms with Gasteiger partial charge in [-0.2, -0.15) is 0 Å². The van der Waals surface area contributed by atoms with E-state index in [1.54, 1.807) is 24.3 Å². The van der Waals surface area contributed by atoms with Crippen LogP contribution in [0.1, 0.15) is 16.2 Å². The van der Waals surface area contributed by atoms with Crippen LogP contribution >= 0.6 is 0 Å². The molecule has 0 saturated carbocycles. The molecular weight excluding hydrogens is 338 g/mol. The van der Waals surface area contributed by atoms with Crippen molar-refractivity contribution in [3.8, 4) is 11.1 Å². The maximum atomic E-state index is 12.5. The van der Waals surface area contributed by atoms with E-state index >= 15 is 0 Å². The molecule has 0 aliphatic heterocycles. The number of benzene rings is 3. The minimum Gasteiger partial charge on any atom is -0.345 e. The van der Waals surface area contributed by atoms with Crippen molar-refractivity contribution in [3.63, 3.8) is 0 Å². The largest absolute Gasteiger partial charge is 0.345 e. The monoisotopic (exact) mass is 355 g/mol. The maximum Gasteiger partial charge on any atom is 0.287 e. The molecule has 132 valence electrons. The Labute approximate surface area is 155 Å². The third-order valence-electron chi connectivity index (χ3n) is 4.37. The summed E-state index contributed by atoms with van der Waals surface area (Å²) in [5.41, 5.74) is 3.30. The van der Waals surface area contributed by atoms with Crippen LogP contribution in [0.2, 0.25) is 0 Å². The molecule has 0 fully saturated rings. The number of fused-ring (bicyclic) bond motifs is 1. The standard InChI is InChI=1S/C22H17N3O2/c26-21-18-12-6-7-13-19(18)24-20(25-21)22(27)23-14-16-10-4-5-11-17(16)15-8-2-1-3-9-15/h1-13H,14H2,(H,23,27)(H,24,25,26). The van der Waals surface area contributed by atoms with E-state index in [0.717, 1.165) is 16.7 Å². The number of hydrogen-bond donors (Lipinski definition) is 2. The topological polar surface area (TPSA) is 74.8 Å². The maximum absolute atomic E-state index is 12.5. The highest BCUT2D eigenvalue weighted by Crippen LogP contribution is 2.23. The Morgan fingerprint density at radius 3 is 2.44 bits per heavy atom. The highest BCUT2D eigenvalue weighted by atomic mass is 16.2. The number of para-hydroxylation sites is 1. The summed E-state index contributed by atoms with van der Waals surface area (Å²) in [6, 6.07) is 24.8. The fraction of sp³-hybridized carbons (Fsp3) is 0.0455. The van der Waals surface area contributed by atoms with Gasteiger partial charge in [0.2, 0.25) is 0 Å². The van der Waals surface area contributed by atoms with Crippen molar-refractivity contribution in [3.05, 3.63) is 101 Å². The normalized spacial score (nSPS) is 10.7. The second-order valence-corrected chi connectivity index (χ2v) is 6.14. The predicted octanol–water partition coefficient (Wildman–Crippen LogP) is 3.52. The van der Waals surface area contributed by atoms with Gasteiger partial charge in [-0.3, -0.25) is 9.59 Å². The Balaban J connectivity index is 1.58. The van der Waals surface area contributed by atoms with Gasteiger partial charge in [-0.1, -0.05) is 66.7 Å². The lowest BCUT2D eigenvalue weighted by Crippen LogP contribution is -2.27. The van der Waals surface area contributed by atoms with E-state index in [1.165, 1.54) is 0 Å². The van der Waals surface area contributed by atoms with Crippen LogP contribution in [0.5, 0.6) is 0 Å². The zero-order chi connectivity index (χ0) is 18.6. The minimum absolute atomic E-state index is 0.0101. The third kappa shape index (κ3) is 3.48. The summed E-state index contributed by atoms with van der Waals surface area (Å²) in [6.45, 7) is 0.334. The molecule has 0 aliphatic rings.